The van der Waals surface area contributed by atoms with Crippen molar-refractivity contribution in [1.29, 1.82) is 0 Å². The van der Waals surface area contributed by atoms with E-state index in [4.69, 9.17) is 5.73 Å². The highest BCUT2D eigenvalue weighted by Gasteiger charge is 2.32. The zero-order chi connectivity index (χ0) is 14.0. The predicted octanol–water partition coefficient (Wildman–Crippen LogP) is 3.36. The fourth-order valence-corrected chi connectivity index (χ4v) is 4.41. The highest BCUT2D eigenvalue weighted by atomic mass is 15.1. The van der Waals surface area contributed by atoms with E-state index in [9.17, 15) is 0 Å². The van der Waals surface area contributed by atoms with Crippen molar-refractivity contribution in [2.45, 2.75) is 59.4 Å². The van der Waals surface area contributed by atoms with E-state index in [2.05, 4.69) is 32.6 Å². The summed E-state index contributed by atoms with van der Waals surface area (Å²) in [6.07, 6.45) is 5.36. The average molecular weight is 266 g/mol. The molecule has 1 saturated heterocycles. The van der Waals surface area contributed by atoms with Crippen molar-refractivity contribution in [3.63, 3.8) is 0 Å². The van der Waals surface area contributed by atoms with Crippen LogP contribution in [0.1, 0.15) is 53.4 Å². The Balaban J connectivity index is 1.89. The van der Waals surface area contributed by atoms with Crippen LogP contribution < -0.4 is 5.73 Å². The van der Waals surface area contributed by atoms with Gasteiger partial charge >= 0.3 is 0 Å². The van der Waals surface area contributed by atoms with Crippen LogP contribution in [0.2, 0.25) is 0 Å². The molecule has 0 amide bonds. The van der Waals surface area contributed by atoms with Crippen molar-refractivity contribution in [3.8, 4) is 0 Å². The Labute approximate surface area is 120 Å². The van der Waals surface area contributed by atoms with Crippen LogP contribution in [0, 0.1) is 29.6 Å². The first kappa shape index (κ1) is 15.3. The van der Waals surface area contributed by atoms with Crippen molar-refractivity contribution < 1.29 is 0 Å². The second-order valence-electron chi connectivity index (χ2n) is 7.91. The van der Waals surface area contributed by atoms with Crippen LogP contribution in [0.4, 0.5) is 0 Å². The molecule has 1 heterocycles. The van der Waals surface area contributed by atoms with Crippen LogP contribution >= 0.6 is 0 Å². The first-order valence-electron chi connectivity index (χ1n) is 8.43. The van der Waals surface area contributed by atoms with Gasteiger partial charge in [0.2, 0.25) is 0 Å². The van der Waals surface area contributed by atoms with E-state index in [1.807, 2.05) is 0 Å². The summed E-state index contributed by atoms with van der Waals surface area (Å²) < 4.78 is 0. The first-order chi connectivity index (χ1) is 8.95. The monoisotopic (exact) mass is 266 g/mol. The largest absolute Gasteiger partial charge is 0.327 e. The number of rotatable bonds is 3. The SMILES string of the molecule is CC1CC(C)CN(CC2CC(C(C)C)CCC2N)C1. The summed E-state index contributed by atoms with van der Waals surface area (Å²) in [5.74, 6) is 4.20. The Morgan fingerprint density at radius 1 is 1.05 bits per heavy atom. The molecule has 1 saturated carbocycles. The van der Waals surface area contributed by atoms with Gasteiger partial charge in [0.05, 0.1) is 0 Å². The van der Waals surface area contributed by atoms with Crippen LogP contribution in [-0.4, -0.2) is 30.6 Å². The lowest BCUT2D eigenvalue weighted by atomic mass is 9.73. The van der Waals surface area contributed by atoms with E-state index in [1.54, 1.807) is 0 Å². The van der Waals surface area contributed by atoms with Crippen molar-refractivity contribution in [3.05, 3.63) is 0 Å². The third kappa shape index (κ3) is 4.19. The molecule has 0 bridgehead atoms. The summed E-state index contributed by atoms with van der Waals surface area (Å²) in [5.41, 5.74) is 6.40. The van der Waals surface area contributed by atoms with Gasteiger partial charge in [0.25, 0.3) is 0 Å². The van der Waals surface area contributed by atoms with Gasteiger partial charge in [0, 0.05) is 25.7 Å². The van der Waals surface area contributed by atoms with Gasteiger partial charge in [-0.3, -0.25) is 0 Å². The van der Waals surface area contributed by atoms with E-state index in [0.717, 1.165) is 29.6 Å². The zero-order valence-corrected chi connectivity index (χ0v) is 13.4. The lowest BCUT2D eigenvalue weighted by Gasteiger charge is -2.42. The second-order valence-corrected chi connectivity index (χ2v) is 7.91. The normalized spacial score (nSPS) is 41.7. The second kappa shape index (κ2) is 6.58. The minimum atomic E-state index is 0.447. The Kier molecular flexibility index (Phi) is 5.30. The topological polar surface area (TPSA) is 29.3 Å². The summed E-state index contributed by atoms with van der Waals surface area (Å²) >= 11 is 0. The Morgan fingerprint density at radius 3 is 2.26 bits per heavy atom. The van der Waals surface area contributed by atoms with E-state index in [1.165, 1.54) is 45.3 Å². The van der Waals surface area contributed by atoms with Crippen LogP contribution in [0.5, 0.6) is 0 Å². The molecular formula is C17H34N2. The Bertz CT molecular complexity index is 266. The van der Waals surface area contributed by atoms with E-state index < -0.39 is 0 Å². The van der Waals surface area contributed by atoms with E-state index in [-0.39, 0.29) is 0 Å². The van der Waals surface area contributed by atoms with Crippen molar-refractivity contribution in [2.75, 3.05) is 19.6 Å². The molecule has 2 heteroatoms. The van der Waals surface area contributed by atoms with Gasteiger partial charge in [-0.1, -0.05) is 27.7 Å². The maximum Gasteiger partial charge on any atom is 0.00795 e. The van der Waals surface area contributed by atoms with Crippen LogP contribution in [0.25, 0.3) is 0 Å². The molecule has 0 aromatic rings. The molecule has 2 nitrogen and oxygen atoms in total. The predicted molar refractivity (Wildman–Crippen MR) is 83.0 cm³/mol. The molecule has 2 N–H and O–H groups in total. The molecule has 0 radical (unpaired) electrons. The zero-order valence-electron chi connectivity index (χ0n) is 13.4. The molecule has 2 rings (SSSR count). The quantitative estimate of drug-likeness (QED) is 0.848. The summed E-state index contributed by atoms with van der Waals surface area (Å²) in [7, 11) is 0. The van der Waals surface area contributed by atoms with Gasteiger partial charge in [-0.05, 0) is 55.3 Å². The minimum Gasteiger partial charge on any atom is -0.327 e. The summed E-state index contributed by atoms with van der Waals surface area (Å²) in [6.45, 7) is 13.4. The molecule has 0 aromatic carbocycles. The minimum absolute atomic E-state index is 0.447. The molecule has 112 valence electrons. The summed E-state index contributed by atoms with van der Waals surface area (Å²) in [4.78, 5) is 2.70. The van der Waals surface area contributed by atoms with E-state index in [0.29, 0.717) is 6.04 Å². The lowest BCUT2D eigenvalue weighted by molar-refractivity contribution is 0.0878. The molecule has 1 aliphatic carbocycles. The van der Waals surface area contributed by atoms with E-state index >= 15 is 0 Å². The fraction of sp³-hybridized carbons (Fsp3) is 1.00. The Hall–Kier alpha value is -0.0800. The van der Waals surface area contributed by atoms with Gasteiger partial charge < -0.3 is 10.6 Å². The standard InChI is InChI=1S/C17H34N2/c1-12(2)15-5-6-17(18)16(8-15)11-19-9-13(3)7-14(4)10-19/h12-17H,5-11,18H2,1-4H3. The molecule has 2 aliphatic rings. The highest BCUT2D eigenvalue weighted by Crippen LogP contribution is 2.34. The number of likely N-dealkylation sites (tertiary alicyclic amines) is 1. The number of nitrogens with zero attached hydrogens (tertiary/aromatic N) is 1. The van der Waals surface area contributed by atoms with Crippen molar-refractivity contribution >= 4 is 0 Å². The number of nitrogens with two attached hydrogens (primary N) is 1. The molecule has 5 unspecified atom stereocenters. The van der Waals surface area contributed by atoms with Crippen molar-refractivity contribution in [1.82, 2.24) is 4.90 Å². The van der Waals surface area contributed by atoms with Gasteiger partial charge in [-0.25, -0.2) is 0 Å². The maximum atomic E-state index is 6.40. The lowest BCUT2D eigenvalue weighted by Crippen LogP contribution is -2.47. The van der Waals surface area contributed by atoms with Gasteiger partial charge in [-0.15, -0.1) is 0 Å². The third-order valence-electron chi connectivity index (χ3n) is 5.46. The maximum absolute atomic E-state index is 6.40. The van der Waals surface area contributed by atoms with Crippen LogP contribution in [0.15, 0.2) is 0 Å². The fourth-order valence-electron chi connectivity index (χ4n) is 4.41. The number of piperidine rings is 1. The Morgan fingerprint density at radius 2 is 1.68 bits per heavy atom. The number of hydrogen-bond donors (Lipinski definition) is 1. The smallest absolute Gasteiger partial charge is 0.00795 e. The average Bonchev–Trinajstić information content (AvgIpc) is 2.30. The molecule has 0 spiro atoms. The number of hydrogen-bond acceptors (Lipinski definition) is 2. The first-order valence-corrected chi connectivity index (χ1v) is 8.43. The molecule has 2 fully saturated rings. The van der Waals surface area contributed by atoms with Gasteiger partial charge in [0.1, 0.15) is 0 Å². The van der Waals surface area contributed by atoms with Gasteiger partial charge in [-0.2, -0.15) is 0 Å². The summed E-state index contributed by atoms with van der Waals surface area (Å²) in [6, 6.07) is 0.447. The third-order valence-corrected chi connectivity index (χ3v) is 5.46. The molecule has 1 aliphatic heterocycles. The van der Waals surface area contributed by atoms with Crippen molar-refractivity contribution in [2.24, 2.45) is 35.3 Å². The molecular weight excluding hydrogens is 232 g/mol. The molecule has 19 heavy (non-hydrogen) atoms. The van der Waals surface area contributed by atoms with Crippen LogP contribution in [0.3, 0.4) is 0 Å². The molecule has 0 aromatic heterocycles. The highest BCUT2D eigenvalue weighted by molar-refractivity contribution is 4.87. The molecule has 5 atom stereocenters. The van der Waals surface area contributed by atoms with Crippen LogP contribution in [-0.2, 0) is 0 Å². The summed E-state index contributed by atoms with van der Waals surface area (Å²) in [5, 5.41) is 0. The van der Waals surface area contributed by atoms with Gasteiger partial charge in [0.15, 0.2) is 0 Å².